The number of hydrogen-bond donors (Lipinski definition) is 0. The van der Waals surface area contributed by atoms with Gasteiger partial charge in [-0.05, 0) is 24.1 Å². The number of nitrogens with zero attached hydrogens (tertiary/aromatic N) is 3. The summed E-state index contributed by atoms with van der Waals surface area (Å²) in [7, 11) is 0. The van der Waals surface area contributed by atoms with Gasteiger partial charge < -0.3 is 0 Å². The van der Waals surface area contributed by atoms with E-state index < -0.39 is 5.82 Å². The first-order valence-corrected chi connectivity index (χ1v) is 7.11. The molecule has 0 unspecified atom stereocenters. The molecule has 0 fully saturated rings. The minimum atomic E-state index is -0.439. The standard InChI is InChI=1S/C14H15BrFN3O/c1-9(2)7-19-14(17-8-18-19)6-13(20)10-3-11(15)5-12(16)4-10/h3-5,8-9H,6-7H2,1-2H3. The summed E-state index contributed by atoms with van der Waals surface area (Å²) in [4.78, 5) is 16.3. The number of carbonyl (C=O) groups is 1. The highest BCUT2D eigenvalue weighted by Crippen LogP contribution is 2.16. The fourth-order valence-electron chi connectivity index (χ4n) is 1.88. The lowest BCUT2D eigenvalue weighted by Crippen LogP contribution is -2.14. The van der Waals surface area contributed by atoms with Crippen molar-refractivity contribution in [3.05, 3.63) is 46.2 Å². The van der Waals surface area contributed by atoms with E-state index in [1.165, 1.54) is 18.5 Å². The summed E-state index contributed by atoms with van der Waals surface area (Å²) < 4.78 is 15.6. The van der Waals surface area contributed by atoms with Crippen molar-refractivity contribution >= 4 is 21.7 Å². The van der Waals surface area contributed by atoms with Crippen LogP contribution in [0.15, 0.2) is 29.0 Å². The number of aromatic nitrogens is 3. The van der Waals surface area contributed by atoms with Gasteiger partial charge in [0.25, 0.3) is 0 Å². The highest BCUT2D eigenvalue weighted by atomic mass is 79.9. The highest BCUT2D eigenvalue weighted by Gasteiger charge is 2.14. The van der Waals surface area contributed by atoms with E-state index in [1.807, 2.05) is 0 Å². The number of ketones is 1. The number of carbonyl (C=O) groups excluding carboxylic acids is 1. The summed E-state index contributed by atoms with van der Waals surface area (Å²) in [6, 6.07) is 4.16. The van der Waals surface area contributed by atoms with Crippen LogP contribution < -0.4 is 0 Å². The van der Waals surface area contributed by atoms with Gasteiger partial charge in [-0.15, -0.1) is 0 Å². The Bertz CT molecular complexity index is 604. The molecule has 1 heterocycles. The van der Waals surface area contributed by atoms with Crippen molar-refractivity contribution in [3.63, 3.8) is 0 Å². The Morgan fingerprint density at radius 1 is 1.40 bits per heavy atom. The molecule has 0 amide bonds. The molecule has 0 saturated heterocycles. The van der Waals surface area contributed by atoms with Gasteiger partial charge in [0.1, 0.15) is 18.0 Å². The third-order valence-corrected chi connectivity index (χ3v) is 3.19. The molecular weight excluding hydrogens is 325 g/mol. The summed E-state index contributed by atoms with van der Waals surface area (Å²) in [6.07, 6.45) is 1.55. The maximum atomic E-state index is 13.3. The lowest BCUT2D eigenvalue weighted by Gasteiger charge is -2.08. The van der Waals surface area contributed by atoms with Crippen molar-refractivity contribution in [1.82, 2.24) is 14.8 Å². The molecular formula is C14H15BrFN3O. The van der Waals surface area contributed by atoms with Crippen molar-refractivity contribution in [2.45, 2.75) is 26.8 Å². The van der Waals surface area contributed by atoms with E-state index >= 15 is 0 Å². The largest absolute Gasteiger partial charge is 0.294 e. The van der Waals surface area contributed by atoms with Gasteiger partial charge in [-0.3, -0.25) is 4.79 Å². The molecule has 4 nitrogen and oxygen atoms in total. The fraction of sp³-hybridized carbons (Fsp3) is 0.357. The Kier molecular flexibility index (Phi) is 4.65. The average molecular weight is 340 g/mol. The van der Waals surface area contributed by atoms with Gasteiger partial charge in [0, 0.05) is 16.6 Å². The summed E-state index contributed by atoms with van der Waals surface area (Å²) >= 11 is 3.18. The molecule has 0 N–H and O–H groups in total. The SMILES string of the molecule is CC(C)Cn1ncnc1CC(=O)c1cc(F)cc(Br)c1. The van der Waals surface area contributed by atoms with Gasteiger partial charge in [0.15, 0.2) is 5.78 Å². The van der Waals surface area contributed by atoms with Crippen molar-refractivity contribution in [1.29, 1.82) is 0 Å². The zero-order valence-electron chi connectivity index (χ0n) is 11.3. The molecule has 1 aromatic heterocycles. The molecule has 0 aliphatic heterocycles. The second-order valence-corrected chi connectivity index (χ2v) is 5.93. The predicted molar refractivity (Wildman–Crippen MR) is 77.0 cm³/mol. The monoisotopic (exact) mass is 339 g/mol. The number of halogens is 2. The van der Waals surface area contributed by atoms with Crippen molar-refractivity contribution in [2.24, 2.45) is 5.92 Å². The van der Waals surface area contributed by atoms with E-state index in [2.05, 4.69) is 39.9 Å². The maximum Gasteiger partial charge on any atom is 0.170 e. The van der Waals surface area contributed by atoms with Crippen LogP contribution in [0.25, 0.3) is 0 Å². The Balaban J connectivity index is 2.17. The van der Waals surface area contributed by atoms with Crippen LogP contribution in [0.2, 0.25) is 0 Å². The first-order chi connectivity index (χ1) is 9.45. The van der Waals surface area contributed by atoms with Crippen LogP contribution in [0.3, 0.4) is 0 Å². The summed E-state index contributed by atoms with van der Waals surface area (Å²) in [5.41, 5.74) is 0.330. The summed E-state index contributed by atoms with van der Waals surface area (Å²) in [5, 5.41) is 4.11. The van der Waals surface area contributed by atoms with E-state index in [0.29, 0.717) is 28.3 Å². The molecule has 2 rings (SSSR count). The lowest BCUT2D eigenvalue weighted by atomic mass is 10.1. The number of rotatable bonds is 5. The molecule has 0 aliphatic carbocycles. The average Bonchev–Trinajstić information content (AvgIpc) is 2.74. The Labute approximate surface area is 125 Å². The number of hydrogen-bond acceptors (Lipinski definition) is 3. The van der Waals surface area contributed by atoms with Crippen LogP contribution in [-0.4, -0.2) is 20.5 Å². The first-order valence-electron chi connectivity index (χ1n) is 6.31. The van der Waals surface area contributed by atoms with Gasteiger partial charge >= 0.3 is 0 Å². The van der Waals surface area contributed by atoms with E-state index in [9.17, 15) is 9.18 Å². The lowest BCUT2D eigenvalue weighted by molar-refractivity contribution is 0.0988. The van der Waals surface area contributed by atoms with Crippen LogP contribution >= 0.6 is 15.9 Å². The van der Waals surface area contributed by atoms with Gasteiger partial charge in [-0.2, -0.15) is 5.10 Å². The van der Waals surface area contributed by atoms with Crippen molar-refractivity contribution < 1.29 is 9.18 Å². The predicted octanol–water partition coefficient (Wildman–Crippen LogP) is 3.26. The molecule has 106 valence electrons. The van der Waals surface area contributed by atoms with Crippen LogP contribution in [0, 0.1) is 11.7 Å². The highest BCUT2D eigenvalue weighted by molar-refractivity contribution is 9.10. The Hall–Kier alpha value is -1.56. The first kappa shape index (κ1) is 14.8. The van der Waals surface area contributed by atoms with Gasteiger partial charge in [0.05, 0.1) is 6.42 Å². The third kappa shape index (κ3) is 3.72. The van der Waals surface area contributed by atoms with Crippen molar-refractivity contribution in [2.75, 3.05) is 0 Å². The topological polar surface area (TPSA) is 47.8 Å². The zero-order valence-corrected chi connectivity index (χ0v) is 12.9. The maximum absolute atomic E-state index is 13.3. The van der Waals surface area contributed by atoms with E-state index in [0.717, 1.165) is 0 Å². The third-order valence-electron chi connectivity index (χ3n) is 2.74. The molecule has 0 bridgehead atoms. The van der Waals surface area contributed by atoms with E-state index in [-0.39, 0.29) is 12.2 Å². The van der Waals surface area contributed by atoms with Crippen LogP contribution in [0.1, 0.15) is 30.0 Å². The molecule has 6 heteroatoms. The second kappa shape index (κ2) is 6.26. The number of benzene rings is 1. The molecule has 20 heavy (non-hydrogen) atoms. The van der Waals surface area contributed by atoms with E-state index in [1.54, 1.807) is 10.7 Å². The smallest absolute Gasteiger partial charge is 0.170 e. The number of Topliss-reactive ketones (excluding diaryl/α,β-unsaturated/α-hetero) is 1. The van der Waals surface area contributed by atoms with E-state index in [4.69, 9.17) is 0 Å². The van der Waals surface area contributed by atoms with Crippen LogP contribution in [0.5, 0.6) is 0 Å². The molecule has 1 aromatic carbocycles. The minimum absolute atomic E-state index is 0.114. The Morgan fingerprint density at radius 2 is 2.15 bits per heavy atom. The molecule has 0 radical (unpaired) electrons. The van der Waals surface area contributed by atoms with Crippen LogP contribution in [-0.2, 0) is 13.0 Å². The molecule has 0 saturated carbocycles. The van der Waals surface area contributed by atoms with Gasteiger partial charge in [-0.1, -0.05) is 29.8 Å². The molecule has 0 spiro atoms. The van der Waals surface area contributed by atoms with Gasteiger partial charge in [-0.25, -0.2) is 14.1 Å². The van der Waals surface area contributed by atoms with Crippen LogP contribution in [0.4, 0.5) is 4.39 Å². The molecule has 0 aliphatic rings. The Morgan fingerprint density at radius 3 is 2.80 bits per heavy atom. The van der Waals surface area contributed by atoms with Crippen molar-refractivity contribution in [3.8, 4) is 0 Å². The molecule has 0 atom stereocenters. The summed E-state index contributed by atoms with van der Waals surface area (Å²) in [6.45, 7) is 4.84. The molecule has 2 aromatic rings. The summed E-state index contributed by atoms with van der Waals surface area (Å²) in [5.74, 6) is 0.396. The quantitative estimate of drug-likeness (QED) is 0.785. The fourth-order valence-corrected chi connectivity index (χ4v) is 2.35. The zero-order chi connectivity index (χ0) is 14.7. The van der Waals surface area contributed by atoms with Gasteiger partial charge in [0.2, 0.25) is 0 Å². The second-order valence-electron chi connectivity index (χ2n) is 5.01. The normalized spacial score (nSPS) is 11.1. The minimum Gasteiger partial charge on any atom is -0.294 e.